The van der Waals surface area contributed by atoms with Crippen molar-refractivity contribution in [2.45, 2.75) is 13.0 Å². The number of nitriles is 1. The number of aliphatic hydroxyl groups is 1. The number of aliphatic hydroxyl groups excluding tert-OH is 1. The van der Waals surface area contributed by atoms with E-state index in [1.54, 1.807) is 33.0 Å². The van der Waals surface area contributed by atoms with E-state index in [4.69, 9.17) is 0 Å². The van der Waals surface area contributed by atoms with Crippen LogP contribution >= 0.6 is 0 Å². The van der Waals surface area contributed by atoms with Crippen LogP contribution in [0.2, 0.25) is 0 Å². The van der Waals surface area contributed by atoms with Crippen molar-refractivity contribution in [2.24, 2.45) is 0 Å². The smallest absolute Gasteiger partial charge is 0.236 e. The number of nitrogens with one attached hydrogen (secondary N) is 1. The number of amides is 1. The van der Waals surface area contributed by atoms with Gasteiger partial charge < -0.3 is 15.0 Å². The molecule has 126 valence electrons. The number of nitrogens with zero attached hydrogens (tertiary/aromatic N) is 4. The normalized spacial score (nSPS) is 13.5. The number of fused-ring (bicyclic) bond motifs is 1. The summed E-state index contributed by atoms with van der Waals surface area (Å²) in [6, 6.07) is 8.90. The molecule has 1 amide bonds. The Morgan fingerprint density at radius 1 is 1.38 bits per heavy atom. The summed E-state index contributed by atoms with van der Waals surface area (Å²) in [6.07, 6.45) is 0. The number of H-pyrrole nitrogens is 1. The van der Waals surface area contributed by atoms with Crippen molar-refractivity contribution in [3.63, 3.8) is 0 Å². The van der Waals surface area contributed by atoms with Crippen LogP contribution in [0.1, 0.15) is 12.7 Å². The maximum Gasteiger partial charge on any atom is 0.236 e. The van der Waals surface area contributed by atoms with Crippen molar-refractivity contribution in [2.75, 3.05) is 27.7 Å². The zero-order valence-corrected chi connectivity index (χ0v) is 14.2. The van der Waals surface area contributed by atoms with Crippen molar-refractivity contribution in [1.29, 1.82) is 5.26 Å². The van der Waals surface area contributed by atoms with Crippen LogP contribution < -0.4 is 0 Å². The Bertz CT molecular complexity index is 783. The first-order valence-corrected chi connectivity index (χ1v) is 7.54. The molecule has 0 spiro atoms. The summed E-state index contributed by atoms with van der Waals surface area (Å²) in [5, 5.41) is 20.0. The Morgan fingerprint density at radius 3 is 2.62 bits per heavy atom. The summed E-state index contributed by atoms with van der Waals surface area (Å²) >= 11 is 0. The highest BCUT2D eigenvalue weighted by molar-refractivity contribution is 5.83. The predicted octanol–water partition coefficient (Wildman–Crippen LogP) is 1.76. The molecule has 7 nitrogen and oxygen atoms in total. The van der Waals surface area contributed by atoms with Crippen molar-refractivity contribution >= 4 is 22.5 Å². The SMILES string of the molecule is C[C@H](/C(O)=C(\C#N)c1nc2ccccc2[nH]1)N(C)CC(=O)N(C)C. The molecule has 2 N–H and O–H groups in total. The van der Waals surface area contributed by atoms with Gasteiger partial charge in [-0.2, -0.15) is 5.26 Å². The summed E-state index contributed by atoms with van der Waals surface area (Å²) in [7, 11) is 5.06. The average Bonchev–Trinajstić information content (AvgIpc) is 2.97. The van der Waals surface area contributed by atoms with Crippen LogP contribution in [0.5, 0.6) is 0 Å². The average molecular weight is 327 g/mol. The summed E-state index contributed by atoms with van der Waals surface area (Å²) in [6.45, 7) is 1.87. The van der Waals surface area contributed by atoms with Crippen molar-refractivity contribution in [3.8, 4) is 6.07 Å². The Balaban J connectivity index is 2.32. The van der Waals surface area contributed by atoms with Crippen molar-refractivity contribution in [1.82, 2.24) is 19.8 Å². The van der Waals surface area contributed by atoms with Gasteiger partial charge in [0, 0.05) is 14.1 Å². The molecule has 0 bridgehead atoms. The number of hydrogen-bond donors (Lipinski definition) is 2. The first kappa shape index (κ1) is 17.5. The molecular formula is C17H21N5O2. The molecule has 0 saturated carbocycles. The van der Waals surface area contributed by atoms with Gasteiger partial charge in [-0.1, -0.05) is 12.1 Å². The highest BCUT2D eigenvalue weighted by Gasteiger charge is 2.22. The van der Waals surface area contributed by atoms with Gasteiger partial charge in [-0.25, -0.2) is 4.98 Å². The molecule has 1 aromatic heterocycles. The quantitative estimate of drug-likeness (QED) is 0.644. The van der Waals surface area contributed by atoms with E-state index in [0.717, 1.165) is 11.0 Å². The van der Waals surface area contributed by atoms with E-state index in [2.05, 4.69) is 9.97 Å². The second-order valence-corrected chi connectivity index (χ2v) is 5.85. The predicted molar refractivity (Wildman–Crippen MR) is 92.0 cm³/mol. The second kappa shape index (κ2) is 7.15. The molecule has 0 aliphatic carbocycles. The van der Waals surface area contributed by atoms with Crippen LogP contribution in [-0.2, 0) is 4.79 Å². The third kappa shape index (κ3) is 3.55. The maximum absolute atomic E-state index is 11.8. The lowest BCUT2D eigenvalue weighted by atomic mass is 10.1. The summed E-state index contributed by atoms with van der Waals surface area (Å²) in [4.78, 5) is 22.4. The fraction of sp³-hybridized carbons (Fsp3) is 0.353. The third-order valence-electron chi connectivity index (χ3n) is 3.93. The first-order chi connectivity index (χ1) is 11.3. The van der Waals surface area contributed by atoms with Gasteiger partial charge in [0.05, 0.1) is 23.6 Å². The fourth-order valence-corrected chi connectivity index (χ4v) is 2.21. The number of aromatic amines is 1. The van der Waals surface area contributed by atoms with Crippen LogP contribution in [0.15, 0.2) is 30.0 Å². The topological polar surface area (TPSA) is 96.2 Å². The van der Waals surface area contributed by atoms with E-state index >= 15 is 0 Å². The number of carbonyl (C=O) groups is 1. The van der Waals surface area contributed by atoms with Gasteiger partial charge in [0.1, 0.15) is 17.4 Å². The number of likely N-dealkylation sites (N-methyl/N-ethyl adjacent to an activating group) is 2. The molecule has 0 fully saturated rings. The minimum absolute atomic E-state index is 0.0721. The lowest BCUT2D eigenvalue weighted by Gasteiger charge is -2.25. The minimum Gasteiger partial charge on any atom is -0.509 e. The molecule has 2 aromatic rings. The fourth-order valence-electron chi connectivity index (χ4n) is 2.21. The van der Waals surface area contributed by atoms with E-state index in [9.17, 15) is 15.2 Å². The van der Waals surface area contributed by atoms with Crippen LogP contribution in [-0.4, -0.2) is 64.5 Å². The molecule has 2 rings (SSSR count). The largest absolute Gasteiger partial charge is 0.509 e. The van der Waals surface area contributed by atoms with Gasteiger partial charge >= 0.3 is 0 Å². The molecule has 0 radical (unpaired) electrons. The Morgan fingerprint density at radius 2 is 2.04 bits per heavy atom. The van der Waals surface area contributed by atoms with E-state index in [1.165, 1.54) is 4.90 Å². The van der Waals surface area contributed by atoms with E-state index in [0.29, 0.717) is 5.82 Å². The molecule has 0 saturated heterocycles. The molecule has 1 aromatic carbocycles. The first-order valence-electron chi connectivity index (χ1n) is 7.54. The molecule has 0 aliphatic rings. The molecule has 1 heterocycles. The van der Waals surface area contributed by atoms with Gasteiger partial charge in [0.25, 0.3) is 0 Å². The Kier molecular flexibility index (Phi) is 5.21. The number of carbonyl (C=O) groups excluding carboxylic acids is 1. The molecule has 7 heteroatoms. The maximum atomic E-state index is 11.8. The van der Waals surface area contributed by atoms with E-state index < -0.39 is 6.04 Å². The third-order valence-corrected chi connectivity index (χ3v) is 3.93. The highest BCUT2D eigenvalue weighted by atomic mass is 16.3. The number of allylic oxidation sites excluding steroid dienone is 1. The summed E-state index contributed by atoms with van der Waals surface area (Å²) in [5.74, 6) is 0.111. The molecular weight excluding hydrogens is 306 g/mol. The Hall–Kier alpha value is -2.85. The van der Waals surface area contributed by atoms with Crippen LogP contribution in [0.4, 0.5) is 0 Å². The zero-order valence-electron chi connectivity index (χ0n) is 14.2. The zero-order chi connectivity index (χ0) is 17.9. The van der Waals surface area contributed by atoms with Crippen LogP contribution in [0, 0.1) is 11.3 Å². The molecule has 0 unspecified atom stereocenters. The van der Waals surface area contributed by atoms with Gasteiger partial charge in [-0.05, 0) is 26.1 Å². The van der Waals surface area contributed by atoms with Crippen LogP contribution in [0.25, 0.3) is 16.6 Å². The van der Waals surface area contributed by atoms with Crippen molar-refractivity contribution in [3.05, 3.63) is 35.8 Å². The van der Waals surface area contributed by atoms with Gasteiger partial charge in [0.2, 0.25) is 5.91 Å². The van der Waals surface area contributed by atoms with Gasteiger partial charge in [-0.15, -0.1) is 0 Å². The number of aromatic nitrogens is 2. The lowest BCUT2D eigenvalue weighted by molar-refractivity contribution is -0.129. The monoisotopic (exact) mass is 327 g/mol. The van der Waals surface area contributed by atoms with E-state index in [1.807, 2.05) is 30.3 Å². The summed E-state index contributed by atoms with van der Waals surface area (Å²) in [5.41, 5.74) is 1.58. The minimum atomic E-state index is -0.503. The number of benzene rings is 1. The standard InChI is InChI=1S/C17H21N5O2/c1-11(22(4)10-15(23)21(2)3)16(24)12(9-18)17-19-13-7-5-6-8-14(13)20-17/h5-8,11,24H,10H2,1-4H3,(H,19,20)/b16-12-/t11-/m1/s1. The highest BCUT2D eigenvalue weighted by Crippen LogP contribution is 2.21. The van der Waals surface area contributed by atoms with Gasteiger partial charge in [0.15, 0.2) is 5.82 Å². The molecule has 24 heavy (non-hydrogen) atoms. The molecule has 0 aliphatic heterocycles. The van der Waals surface area contributed by atoms with E-state index in [-0.39, 0.29) is 23.8 Å². The van der Waals surface area contributed by atoms with Crippen molar-refractivity contribution < 1.29 is 9.90 Å². The van der Waals surface area contributed by atoms with Gasteiger partial charge in [-0.3, -0.25) is 9.69 Å². The number of hydrogen-bond acceptors (Lipinski definition) is 5. The summed E-state index contributed by atoms with van der Waals surface area (Å²) < 4.78 is 0. The second-order valence-electron chi connectivity index (χ2n) is 5.85. The number of imidazole rings is 1. The number of rotatable bonds is 5. The van der Waals surface area contributed by atoms with Crippen LogP contribution in [0.3, 0.4) is 0 Å². The Labute approximate surface area is 140 Å². The molecule has 1 atom stereocenters. The lowest BCUT2D eigenvalue weighted by Crippen LogP contribution is -2.40. The number of para-hydroxylation sites is 2.